The summed E-state index contributed by atoms with van der Waals surface area (Å²) in [5.74, 6) is 0. The second-order valence-corrected chi connectivity index (χ2v) is 6.66. The van der Waals surface area contributed by atoms with E-state index in [1.54, 1.807) is 19.2 Å². The molecule has 1 N–H and O–H groups in total. The molecule has 1 aromatic carbocycles. The summed E-state index contributed by atoms with van der Waals surface area (Å²) in [4.78, 5) is 0.180. The number of likely N-dealkylation sites (N-methyl/N-ethyl adjacent to an activating group) is 1. The van der Waals surface area contributed by atoms with E-state index in [1.807, 2.05) is 6.07 Å². The van der Waals surface area contributed by atoms with Gasteiger partial charge in [0.05, 0.1) is 16.5 Å². The van der Waals surface area contributed by atoms with Crippen LogP contribution in [0.15, 0.2) is 29.2 Å². The molecule has 1 aliphatic rings. The number of rotatable bonds is 3. The van der Waals surface area contributed by atoms with Gasteiger partial charge in [0.1, 0.15) is 0 Å². The van der Waals surface area contributed by atoms with Gasteiger partial charge in [-0.1, -0.05) is 6.07 Å². The highest BCUT2D eigenvalue weighted by atomic mass is 32.2. The van der Waals surface area contributed by atoms with Gasteiger partial charge in [-0.2, -0.15) is 9.57 Å². The lowest BCUT2D eigenvalue weighted by Crippen LogP contribution is -2.46. The summed E-state index contributed by atoms with van der Waals surface area (Å²) in [7, 11) is -1.93. The van der Waals surface area contributed by atoms with Crippen LogP contribution in [0, 0.1) is 11.3 Å². The molecule has 0 bridgehead atoms. The molecule has 0 aliphatic carbocycles. The van der Waals surface area contributed by atoms with Crippen LogP contribution in [0.2, 0.25) is 0 Å². The predicted octanol–water partition coefficient (Wildman–Crippen LogP) is 0.931. The highest BCUT2D eigenvalue weighted by Crippen LogP contribution is 2.20. The van der Waals surface area contributed by atoms with Crippen LogP contribution >= 0.6 is 0 Å². The van der Waals surface area contributed by atoms with E-state index in [1.165, 1.54) is 16.4 Å². The SMILES string of the molecule is CN(C1CCCNC1)S(=O)(=O)c1cccc(C#N)c1. The fourth-order valence-corrected chi connectivity index (χ4v) is 3.66. The van der Waals surface area contributed by atoms with Crippen molar-refractivity contribution in [3.8, 4) is 6.07 Å². The first-order valence-corrected chi connectivity index (χ1v) is 7.68. The predicted molar refractivity (Wildman–Crippen MR) is 72.0 cm³/mol. The number of hydrogen-bond acceptors (Lipinski definition) is 4. The first kappa shape index (κ1) is 14.0. The first-order valence-electron chi connectivity index (χ1n) is 6.24. The molecular formula is C13H17N3O2S. The van der Waals surface area contributed by atoms with Gasteiger partial charge in [-0.05, 0) is 37.6 Å². The lowest BCUT2D eigenvalue weighted by atomic mass is 10.1. The van der Waals surface area contributed by atoms with Crippen LogP contribution < -0.4 is 5.32 Å². The number of nitrogens with one attached hydrogen (secondary N) is 1. The fraction of sp³-hybridized carbons (Fsp3) is 0.462. The highest BCUT2D eigenvalue weighted by molar-refractivity contribution is 7.89. The minimum atomic E-state index is -3.53. The summed E-state index contributed by atoms with van der Waals surface area (Å²) >= 11 is 0. The average molecular weight is 279 g/mol. The zero-order valence-electron chi connectivity index (χ0n) is 10.8. The lowest BCUT2D eigenvalue weighted by molar-refractivity contribution is 0.300. The van der Waals surface area contributed by atoms with E-state index >= 15 is 0 Å². The van der Waals surface area contributed by atoms with E-state index in [0.29, 0.717) is 12.1 Å². The van der Waals surface area contributed by atoms with Gasteiger partial charge in [-0.3, -0.25) is 0 Å². The molecule has 1 fully saturated rings. The van der Waals surface area contributed by atoms with E-state index in [0.717, 1.165) is 19.4 Å². The molecule has 0 aromatic heterocycles. The molecule has 0 amide bonds. The van der Waals surface area contributed by atoms with Gasteiger partial charge in [-0.25, -0.2) is 8.42 Å². The molecule has 1 aromatic rings. The van der Waals surface area contributed by atoms with Crippen molar-refractivity contribution in [1.82, 2.24) is 9.62 Å². The number of benzene rings is 1. The Bertz CT molecular complexity index is 586. The molecule has 6 heteroatoms. The van der Waals surface area contributed by atoms with Gasteiger partial charge in [0, 0.05) is 19.6 Å². The van der Waals surface area contributed by atoms with E-state index in [9.17, 15) is 8.42 Å². The van der Waals surface area contributed by atoms with E-state index < -0.39 is 10.0 Å². The summed E-state index contributed by atoms with van der Waals surface area (Å²) in [6.45, 7) is 1.61. The number of sulfonamides is 1. The van der Waals surface area contributed by atoms with Gasteiger partial charge < -0.3 is 5.32 Å². The van der Waals surface area contributed by atoms with Crippen molar-refractivity contribution in [3.63, 3.8) is 0 Å². The van der Waals surface area contributed by atoms with Crippen molar-refractivity contribution in [2.24, 2.45) is 0 Å². The average Bonchev–Trinajstić information content (AvgIpc) is 2.47. The van der Waals surface area contributed by atoms with Crippen LogP contribution in [0.1, 0.15) is 18.4 Å². The molecule has 2 rings (SSSR count). The largest absolute Gasteiger partial charge is 0.315 e. The molecule has 0 spiro atoms. The zero-order valence-corrected chi connectivity index (χ0v) is 11.7. The Morgan fingerprint density at radius 2 is 2.26 bits per heavy atom. The minimum absolute atomic E-state index is 0.0236. The van der Waals surface area contributed by atoms with E-state index in [-0.39, 0.29) is 10.9 Å². The monoisotopic (exact) mass is 279 g/mol. The van der Waals surface area contributed by atoms with Crippen LogP contribution in [0.3, 0.4) is 0 Å². The molecule has 0 saturated carbocycles. The third kappa shape index (κ3) is 2.95. The number of nitriles is 1. The minimum Gasteiger partial charge on any atom is -0.315 e. The zero-order chi connectivity index (χ0) is 13.9. The van der Waals surface area contributed by atoms with Crippen molar-refractivity contribution >= 4 is 10.0 Å². The van der Waals surface area contributed by atoms with Crippen molar-refractivity contribution in [2.75, 3.05) is 20.1 Å². The topological polar surface area (TPSA) is 73.2 Å². The number of nitrogens with zero attached hydrogens (tertiary/aromatic N) is 2. The van der Waals surface area contributed by atoms with Crippen LogP contribution in [0.5, 0.6) is 0 Å². The van der Waals surface area contributed by atoms with E-state index in [4.69, 9.17) is 5.26 Å². The van der Waals surface area contributed by atoms with Crippen molar-refractivity contribution in [1.29, 1.82) is 5.26 Å². The Morgan fingerprint density at radius 1 is 1.47 bits per heavy atom. The Balaban J connectivity index is 2.28. The molecule has 1 saturated heterocycles. The molecule has 102 valence electrons. The van der Waals surface area contributed by atoms with Crippen LogP contribution in [-0.2, 0) is 10.0 Å². The maximum Gasteiger partial charge on any atom is 0.243 e. The van der Waals surface area contributed by atoms with Gasteiger partial charge in [0.2, 0.25) is 10.0 Å². The molecule has 5 nitrogen and oxygen atoms in total. The fourth-order valence-electron chi connectivity index (χ4n) is 2.23. The van der Waals surface area contributed by atoms with Crippen molar-refractivity contribution in [2.45, 2.75) is 23.8 Å². The molecule has 1 aliphatic heterocycles. The quantitative estimate of drug-likeness (QED) is 0.893. The third-order valence-corrected chi connectivity index (χ3v) is 5.33. The Labute approximate surface area is 113 Å². The Hall–Kier alpha value is -1.42. The normalized spacial score (nSPS) is 20.2. The number of piperidine rings is 1. The second-order valence-electron chi connectivity index (χ2n) is 4.66. The van der Waals surface area contributed by atoms with Gasteiger partial charge in [-0.15, -0.1) is 0 Å². The Morgan fingerprint density at radius 3 is 2.89 bits per heavy atom. The van der Waals surface area contributed by atoms with Gasteiger partial charge in [0.25, 0.3) is 0 Å². The van der Waals surface area contributed by atoms with Crippen LogP contribution in [0.25, 0.3) is 0 Å². The van der Waals surface area contributed by atoms with Crippen LogP contribution in [0.4, 0.5) is 0 Å². The first-order chi connectivity index (χ1) is 9.05. The highest BCUT2D eigenvalue weighted by Gasteiger charge is 2.28. The summed E-state index contributed by atoms with van der Waals surface area (Å²) in [5, 5.41) is 12.1. The van der Waals surface area contributed by atoms with Gasteiger partial charge in [0.15, 0.2) is 0 Å². The smallest absolute Gasteiger partial charge is 0.243 e. The molecule has 19 heavy (non-hydrogen) atoms. The standard InChI is InChI=1S/C13H17N3O2S/c1-16(12-5-3-7-15-10-12)19(17,18)13-6-2-4-11(8-13)9-14/h2,4,6,8,12,15H,3,5,7,10H2,1H3. The summed E-state index contributed by atoms with van der Waals surface area (Å²) in [6.07, 6.45) is 1.84. The van der Waals surface area contributed by atoms with Crippen molar-refractivity contribution < 1.29 is 8.42 Å². The van der Waals surface area contributed by atoms with Gasteiger partial charge >= 0.3 is 0 Å². The molecular weight excluding hydrogens is 262 g/mol. The second kappa shape index (κ2) is 5.70. The molecule has 1 heterocycles. The van der Waals surface area contributed by atoms with Crippen LogP contribution in [-0.4, -0.2) is 38.9 Å². The summed E-state index contributed by atoms with van der Waals surface area (Å²) < 4.78 is 26.4. The van der Waals surface area contributed by atoms with Crippen molar-refractivity contribution in [3.05, 3.63) is 29.8 Å². The maximum absolute atomic E-state index is 12.5. The molecule has 0 radical (unpaired) electrons. The number of hydrogen-bond donors (Lipinski definition) is 1. The third-order valence-electron chi connectivity index (χ3n) is 3.43. The molecule has 1 unspecified atom stereocenters. The Kier molecular flexibility index (Phi) is 4.20. The summed E-state index contributed by atoms with van der Waals surface area (Å²) in [5.41, 5.74) is 0.358. The lowest BCUT2D eigenvalue weighted by Gasteiger charge is -2.30. The summed E-state index contributed by atoms with van der Waals surface area (Å²) in [6, 6.07) is 8.08. The molecule has 1 atom stereocenters. The van der Waals surface area contributed by atoms with E-state index in [2.05, 4.69) is 5.32 Å². The maximum atomic E-state index is 12.5.